The van der Waals surface area contributed by atoms with Crippen LogP contribution in [0, 0.1) is 0 Å². The summed E-state index contributed by atoms with van der Waals surface area (Å²) in [6.07, 6.45) is 7.49. The Kier molecular flexibility index (Phi) is 5.07. The maximum Gasteiger partial charge on any atom is 0.219 e. The van der Waals surface area contributed by atoms with Crippen LogP contribution >= 0.6 is 11.8 Å². The zero-order valence-electron chi connectivity index (χ0n) is 11.2. The number of unbranched alkanes of at least 4 members (excludes halogenated alkanes) is 1. The molecule has 1 aliphatic heterocycles. The summed E-state index contributed by atoms with van der Waals surface area (Å²) in [5, 5.41) is 6.59. The maximum absolute atomic E-state index is 11.5. The van der Waals surface area contributed by atoms with Gasteiger partial charge in [-0.3, -0.25) is 9.59 Å². The Labute approximate surface area is 118 Å². The van der Waals surface area contributed by atoms with Crippen LogP contribution in [0.5, 0.6) is 0 Å². The highest BCUT2D eigenvalue weighted by atomic mass is 32.2. The van der Waals surface area contributed by atoms with E-state index < -0.39 is 0 Å². The normalized spacial score (nSPS) is 21.3. The lowest BCUT2D eigenvalue weighted by molar-refractivity contribution is -0.121. The van der Waals surface area contributed by atoms with Gasteiger partial charge in [0.15, 0.2) is 5.78 Å². The fraction of sp³-hybridized carbons (Fsp3) is 0.571. The Morgan fingerprint density at radius 3 is 3.16 bits per heavy atom. The molecule has 1 amide bonds. The molecule has 1 unspecified atom stereocenters. The van der Waals surface area contributed by atoms with Gasteiger partial charge in [-0.15, -0.1) is 11.8 Å². The fourth-order valence-corrected chi connectivity index (χ4v) is 3.33. The molecule has 2 aliphatic rings. The zero-order valence-corrected chi connectivity index (χ0v) is 12.0. The predicted octanol–water partition coefficient (Wildman–Crippen LogP) is 2.09. The summed E-state index contributed by atoms with van der Waals surface area (Å²) >= 11 is 1.71. The van der Waals surface area contributed by atoms with E-state index in [1.165, 1.54) is 0 Å². The standard InChI is InChI=1S/C14H20N2O2S/c1-2-3-4-13(18)15-8-7-14-16-11-6-5-10(17)9-12(11)19-14/h5-6,14,16H,2-4,7-9H2,1H3,(H,15,18). The Balaban J connectivity index is 1.66. The van der Waals surface area contributed by atoms with Gasteiger partial charge in [-0.1, -0.05) is 13.3 Å². The van der Waals surface area contributed by atoms with Crippen molar-refractivity contribution in [3.8, 4) is 0 Å². The highest BCUT2D eigenvalue weighted by Crippen LogP contribution is 2.36. The van der Waals surface area contributed by atoms with Crippen molar-refractivity contribution in [1.29, 1.82) is 0 Å². The molecule has 2 rings (SSSR count). The van der Waals surface area contributed by atoms with Gasteiger partial charge in [0.05, 0.1) is 5.37 Å². The number of hydrogen-bond donors (Lipinski definition) is 2. The van der Waals surface area contributed by atoms with Crippen LogP contribution in [0.4, 0.5) is 0 Å². The minimum atomic E-state index is 0.137. The van der Waals surface area contributed by atoms with Crippen molar-refractivity contribution in [2.75, 3.05) is 6.54 Å². The van der Waals surface area contributed by atoms with Crippen molar-refractivity contribution in [1.82, 2.24) is 10.6 Å². The largest absolute Gasteiger partial charge is 0.372 e. The lowest BCUT2D eigenvalue weighted by Gasteiger charge is -2.12. The lowest BCUT2D eigenvalue weighted by Crippen LogP contribution is -2.29. The van der Waals surface area contributed by atoms with Gasteiger partial charge in [0.25, 0.3) is 0 Å². The zero-order chi connectivity index (χ0) is 13.7. The van der Waals surface area contributed by atoms with Crippen molar-refractivity contribution >= 4 is 23.5 Å². The summed E-state index contributed by atoms with van der Waals surface area (Å²) in [6.45, 7) is 2.77. The van der Waals surface area contributed by atoms with Gasteiger partial charge in [-0.25, -0.2) is 0 Å². The van der Waals surface area contributed by atoms with Crippen LogP contribution in [0.15, 0.2) is 22.8 Å². The van der Waals surface area contributed by atoms with E-state index in [1.807, 2.05) is 6.08 Å². The first-order valence-corrected chi connectivity index (χ1v) is 7.71. The highest BCUT2D eigenvalue weighted by Gasteiger charge is 2.25. The lowest BCUT2D eigenvalue weighted by atomic mass is 10.1. The summed E-state index contributed by atoms with van der Waals surface area (Å²) in [5.41, 5.74) is 1.08. The monoisotopic (exact) mass is 280 g/mol. The van der Waals surface area contributed by atoms with Gasteiger partial charge in [-0.05, 0) is 25.0 Å². The molecular formula is C14H20N2O2S. The Morgan fingerprint density at radius 1 is 1.53 bits per heavy atom. The number of ketones is 1. The van der Waals surface area contributed by atoms with E-state index in [-0.39, 0.29) is 17.1 Å². The van der Waals surface area contributed by atoms with Gasteiger partial charge >= 0.3 is 0 Å². The summed E-state index contributed by atoms with van der Waals surface area (Å²) in [6, 6.07) is 0. The van der Waals surface area contributed by atoms with Gasteiger partial charge in [0.2, 0.25) is 5.91 Å². The minimum Gasteiger partial charge on any atom is -0.372 e. The first-order valence-electron chi connectivity index (χ1n) is 6.83. The van der Waals surface area contributed by atoms with Crippen molar-refractivity contribution in [2.24, 2.45) is 0 Å². The quantitative estimate of drug-likeness (QED) is 0.782. The molecule has 4 nitrogen and oxygen atoms in total. The molecule has 0 aromatic carbocycles. The van der Waals surface area contributed by atoms with Gasteiger partial charge in [-0.2, -0.15) is 0 Å². The molecule has 1 aliphatic carbocycles. The molecule has 0 aromatic rings. The molecule has 104 valence electrons. The molecule has 0 fully saturated rings. The smallest absolute Gasteiger partial charge is 0.219 e. The van der Waals surface area contributed by atoms with E-state index in [0.717, 1.165) is 29.9 Å². The van der Waals surface area contributed by atoms with Crippen LogP contribution in [-0.2, 0) is 9.59 Å². The average molecular weight is 280 g/mol. The maximum atomic E-state index is 11.5. The number of rotatable bonds is 6. The third-order valence-electron chi connectivity index (χ3n) is 3.16. The highest BCUT2D eigenvalue weighted by molar-refractivity contribution is 8.03. The number of carbonyl (C=O) groups is 2. The molecule has 0 aromatic heterocycles. The molecule has 0 bridgehead atoms. The van der Waals surface area contributed by atoms with Crippen LogP contribution in [-0.4, -0.2) is 23.6 Å². The van der Waals surface area contributed by atoms with Gasteiger partial charge in [0.1, 0.15) is 0 Å². The molecular weight excluding hydrogens is 260 g/mol. The van der Waals surface area contributed by atoms with E-state index in [4.69, 9.17) is 0 Å². The third kappa shape index (κ3) is 4.13. The van der Waals surface area contributed by atoms with E-state index in [2.05, 4.69) is 17.6 Å². The van der Waals surface area contributed by atoms with Crippen molar-refractivity contribution < 1.29 is 9.59 Å². The van der Waals surface area contributed by atoms with Crippen LogP contribution in [0.25, 0.3) is 0 Å². The Bertz CT molecular complexity index is 429. The number of carbonyl (C=O) groups excluding carboxylic acids is 2. The predicted molar refractivity (Wildman–Crippen MR) is 77.5 cm³/mol. The molecule has 0 saturated carbocycles. The fourth-order valence-electron chi connectivity index (χ4n) is 2.09. The second-order valence-corrected chi connectivity index (χ2v) is 6.10. The molecule has 5 heteroatoms. The number of nitrogens with one attached hydrogen (secondary N) is 2. The second kappa shape index (κ2) is 6.80. The van der Waals surface area contributed by atoms with E-state index >= 15 is 0 Å². The summed E-state index contributed by atoms with van der Waals surface area (Å²) in [7, 11) is 0. The van der Waals surface area contributed by atoms with Gasteiger partial charge in [0, 0.05) is 30.0 Å². The molecule has 19 heavy (non-hydrogen) atoms. The summed E-state index contributed by atoms with van der Waals surface area (Å²) in [5.74, 6) is 0.305. The minimum absolute atomic E-state index is 0.137. The van der Waals surface area contributed by atoms with E-state index in [1.54, 1.807) is 17.8 Å². The van der Waals surface area contributed by atoms with Crippen LogP contribution in [0.2, 0.25) is 0 Å². The number of hydrogen-bond acceptors (Lipinski definition) is 4. The van der Waals surface area contributed by atoms with Crippen LogP contribution in [0.1, 0.15) is 39.0 Å². The van der Waals surface area contributed by atoms with Gasteiger partial charge < -0.3 is 10.6 Å². The topological polar surface area (TPSA) is 58.2 Å². The Hall–Kier alpha value is -1.23. The summed E-state index contributed by atoms with van der Waals surface area (Å²) < 4.78 is 0. The average Bonchev–Trinajstić information content (AvgIpc) is 2.78. The third-order valence-corrected chi connectivity index (χ3v) is 4.45. The summed E-state index contributed by atoms with van der Waals surface area (Å²) in [4.78, 5) is 23.9. The molecule has 1 heterocycles. The number of thioether (sulfide) groups is 1. The first kappa shape index (κ1) is 14.2. The molecule has 0 saturated heterocycles. The van der Waals surface area contributed by atoms with E-state index in [0.29, 0.717) is 19.4 Å². The van der Waals surface area contributed by atoms with Crippen molar-refractivity contribution in [3.63, 3.8) is 0 Å². The SMILES string of the molecule is CCCCC(=O)NCCC1NC2=C(CC(=O)C=C2)S1. The molecule has 2 N–H and O–H groups in total. The first-order chi connectivity index (χ1) is 9.19. The second-order valence-electron chi connectivity index (χ2n) is 4.81. The number of amides is 1. The Morgan fingerprint density at radius 2 is 2.37 bits per heavy atom. The molecule has 0 spiro atoms. The molecule has 1 atom stereocenters. The van der Waals surface area contributed by atoms with E-state index in [9.17, 15) is 9.59 Å². The molecule has 0 radical (unpaired) electrons. The van der Waals surface area contributed by atoms with Crippen LogP contribution in [0.3, 0.4) is 0 Å². The number of allylic oxidation sites excluding steroid dienone is 3. The van der Waals surface area contributed by atoms with Crippen molar-refractivity contribution in [3.05, 3.63) is 22.8 Å². The van der Waals surface area contributed by atoms with Crippen molar-refractivity contribution in [2.45, 2.75) is 44.4 Å². The van der Waals surface area contributed by atoms with Crippen LogP contribution < -0.4 is 10.6 Å².